The molecule has 0 aromatic heterocycles. The first-order valence-corrected chi connectivity index (χ1v) is 4.50. The Morgan fingerprint density at radius 3 is 1.38 bits per heavy atom. The molecule has 0 atom stereocenters. The summed E-state index contributed by atoms with van der Waals surface area (Å²) >= 11 is 0. The monoisotopic (exact) mass is 192 g/mol. The smallest absolute Gasteiger partial charge is 0.0819 e. The minimum atomic E-state index is -1.75. The summed E-state index contributed by atoms with van der Waals surface area (Å²) in [5, 5.41) is 14.8. The first kappa shape index (κ1) is 14.7. The molecule has 0 saturated heterocycles. The van der Waals surface area contributed by atoms with Gasteiger partial charge in [0.15, 0.2) is 0 Å². The van der Waals surface area contributed by atoms with E-state index in [9.17, 15) is 0 Å². The zero-order chi connectivity index (χ0) is 11.0. The van der Waals surface area contributed by atoms with Crippen LogP contribution < -0.4 is 4.90 Å². The summed E-state index contributed by atoms with van der Waals surface area (Å²) in [7, 11) is 0. The van der Waals surface area contributed by atoms with E-state index >= 15 is 0 Å². The minimum Gasteiger partial charge on any atom is -0.356 e. The van der Waals surface area contributed by atoms with Gasteiger partial charge in [0.2, 0.25) is 0 Å². The molecule has 13 heavy (non-hydrogen) atoms. The van der Waals surface area contributed by atoms with E-state index < -0.39 is 5.09 Å². The van der Waals surface area contributed by atoms with Crippen LogP contribution in [0.2, 0.25) is 0 Å². The Kier molecular flexibility index (Phi) is 8.79. The number of nitrogens with zero attached hydrogens (tertiary/aromatic N) is 1. The quantitative estimate of drug-likeness (QED) is 0.522. The Morgan fingerprint density at radius 1 is 1.15 bits per heavy atom. The van der Waals surface area contributed by atoms with Gasteiger partial charge in [-0.3, -0.25) is 0 Å². The Hall–Kier alpha value is -0.840. The van der Waals surface area contributed by atoms with Gasteiger partial charge in [0.25, 0.3) is 0 Å². The third-order valence-corrected chi connectivity index (χ3v) is 1.89. The van der Waals surface area contributed by atoms with Crippen LogP contribution in [0, 0.1) is 15.3 Å². The molecule has 0 aliphatic carbocycles. The SMILES string of the molecule is CC[NH+](C(C)C)C(C)C.O=[N+]([O-])[O-]. The van der Waals surface area contributed by atoms with E-state index in [1.165, 1.54) is 6.54 Å². The topological polar surface area (TPSA) is 70.6 Å². The van der Waals surface area contributed by atoms with Crippen molar-refractivity contribution in [3.8, 4) is 0 Å². The molecule has 0 fully saturated rings. The maximum Gasteiger partial charge on any atom is 0.0819 e. The van der Waals surface area contributed by atoms with Crippen molar-refractivity contribution >= 4 is 0 Å². The lowest BCUT2D eigenvalue weighted by Gasteiger charge is -2.25. The molecule has 5 heteroatoms. The molecule has 0 bridgehead atoms. The number of rotatable bonds is 3. The molecule has 0 radical (unpaired) electrons. The van der Waals surface area contributed by atoms with Gasteiger partial charge in [-0.2, -0.15) is 0 Å². The van der Waals surface area contributed by atoms with Crippen molar-refractivity contribution in [2.24, 2.45) is 0 Å². The largest absolute Gasteiger partial charge is 0.356 e. The van der Waals surface area contributed by atoms with Crippen molar-refractivity contribution in [3.63, 3.8) is 0 Å². The zero-order valence-corrected chi connectivity index (χ0v) is 9.03. The summed E-state index contributed by atoms with van der Waals surface area (Å²) < 4.78 is 0. The van der Waals surface area contributed by atoms with Gasteiger partial charge in [-0.15, -0.1) is 0 Å². The van der Waals surface area contributed by atoms with Crippen molar-refractivity contribution in [1.82, 2.24) is 0 Å². The van der Waals surface area contributed by atoms with E-state index in [1.54, 1.807) is 4.90 Å². The van der Waals surface area contributed by atoms with Crippen LogP contribution in [0.5, 0.6) is 0 Å². The number of hydrogen-bond acceptors (Lipinski definition) is 3. The van der Waals surface area contributed by atoms with E-state index in [1.807, 2.05) is 0 Å². The molecule has 5 nitrogen and oxygen atoms in total. The van der Waals surface area contributed by atoms with Crippen LogP contribution in [0.3, 0.4) is 0 Å². The second kappa shape index (κ2) is 7.79. The number of quaternary nitrogens is 1. The van der Waals surface area contributed by atoms with E-state index in [2.05, 4.69) is 34.6 Å². The average molecular weight is 192 g/mol. The predicted molar refractivity (Wildman–Crippen MR) is 52.1 cm³/mol. The lowest BCUT2D eigenvalue weighted by Crippen LogP contribution is -3.17. The summed E-state index contributed by atoms with van der Waals surface area (Å²) in [5.41, 5.74) is 0. The Bertz CT molecular complexity index is 125. The van der Waals surface area contributed by atoms with Crippen molar-refractivity contribution in [2.75, 3.05) is 6.54 Å². The highest BCUT2D eigenvalue weighted by atomic mass is 16.9. The third-order valence-electron chi connectivity index (χ3n) is 1.89. The van der Waals surface area contributed by atoms with Gasteiger partial charge in [-0.25, -0.2) is 0 Å². The van der Waals surface area contributed by atoms with Gasteiger partial charge in [-0.05, 0) is 34.6 Å². The second-order valence-corrected chi connectivity index (χ2v) is 3.46. The van der Waals surface area contributed by atoms with Gasteiger partial charge < -0.3 is 20.2 Å². The Balaban J connectivity index is 0. The first-order chi connectivity index (χ1) is 5.82. The van der Waals surface area contributed by atoms with Crippen LogP contribution in [0.25, 0.3) is 0 Å². The maximum atomic E-state index is 8.25. The predicted octanol–water partition coefficient (Wildman–Crippen LogP) is 0.469. The fourth-order valence-corrected chi connectivity index (χ4v) is 1.48. The summed E-state index contributed by atoms with van der Waals surface area (Å²) in [4.78, 5) is 9.94. The first-order valence-electron chi connectivity index (χ1n) is 4.50. The molecular formula is C8H20N2O3. The van der Waals surface area contributed by atoms with Crippen LogP contribution in [0.4, 0.5) is 0 Å². The summed E-state index contributed by atoms with van der Waals surface area (Å²) in [5.74, 6) is 0. The molecular weight excluding hydrogens is 172 g/mol. The number of nitrogens with one attached hydrogen (secondary N) is 1. The van der Waals surface area contributed by atoms with Crippen molar-refractivity contribution in [3.05, 3.63) is 15.3 Å². The molecule has 0 aromatic carbocycles. The van der Waals surface area contributed by atoms with Crippen molar-refractivity contribution < 1.29 is 9.99 Å². The molecule has 0 aliphatic heterocycles. The Morgan fingerprint density at radius 2 is 1.38 bits per heavy atom. The molecule has 0 unspecified atom stereocenters. The minimum absolute atomic E-state index is 0.773. The molecule has 0 aromatic rings. The van der Waals surface area contributed by atoms with E-state index in [4.69, 9.17) is 15.3 Å². The van der Waals surface area contributed by atoms with Crippen LogP contribution >= 0.6 is 0 Å². The highest BCUT2D eigenvalue weighted by Crippen LogP contribution is 1.74. The lowest BCUT2D eigenvalue weighted by atomic mass is 10.2. The highest BCUT2D eigenvalue weighted by molar-refractivity contribution is 4.38. The van der Waals surface area contributed by atoms with Crippen molar-refractivity contribution in [1.29, 1.82) is 0 Å². The lowest BCUT2D eigenvalue weighted by molar-refractivity contribution is -0.940. The van der Waals surface area contributed by atoms with Crippen LogP contribution in [0.15, 0.2) is 0 Å². The summed E-state index contributed by atoms with van der Waals surface area (Å²) in [6, 6.07) is 1.55. The molecule has 0 aliphatic rings. The van der Waals surface area contributed by atoms with Crippen molar-refractivity contribution in [2.45, 2.75) is 46.7 Å². The average Bonchev–Trinajstić information content (AvgIpc) is 1.84. The third kappa shape index (κ3) is 11.2. The van der Waals surface area contributed by atoms with Gasteiger partial charge in [0, 0.05) is 0 Å². The molecule has 0 rings (SSSR count). The molecule has 1 N–H and O–H groups in total. The molecule has 0 saturated carbocycles. The normalized spacial score (nSPS) is 10.2. The van der Waals surface area contributed by atoms with Gasteiger partial charge in [-0.1, -0.05) is 0 Å². The molecule has 0 heterocycles. The fraction of sp³-hybridized carbons (Fsp3) is 1.00. The molecule has 80 valence electrons. The van der Waals surface area contributed by atoms with E-state index in [-0.39, 0.29) is 0 Å². The van der Waals surface area contributed by atoms with Gasteiger partial charge in [0.1, 0.15) is 0 Å². The van der Waals surface area contributed by atoms with Gasteiger partial charge >= 0.3 is 0 Å². The second-order valence-electron chi connectivity index (χ2n) is 3.46. The standard InChI is InChI=1S/C8H19N.NO3/c1-6-9(7(2)3)8(4)5;2-1(3)4/h7-8H,6H2,1-5H3;/q;-1/p+1. The van der Waals surface area contributed by atoms with Gasteiger partial charge in [0.05, 0.1) is 23.7 Å². The van der Waals surface area contributed by atoms with Crippen LogP contribution in [-0.4, -0.2) is 23.7 Å². The molecule has 0 spiro atoms. The summed E-state index contributed by atoms with van der Waals surface area (Å²) in [6.07, 6.45) is 0. The molecule has 0 amide bonds. The van der Waals surface area contributed by atoms with Crippen LogP contribution in [-0.2, 0) is 0 Å². The Labute approximate surface area is 79.5 Å². The summed E-state index contributed by atoms with van der Waals surface area (Å²) in [6.45, 7) is 12.6. The van der Waals surface area contributed by atoms with E-state index in [0.29, 0.717) is 0 Å². The maximum absolute atomic E-state index is 8.25. The fourth-order valence-electron chi connectivity index (χ4n) is 1.48. The zero-order valence-electron chi connectivity index (χ0n) is 9.03. The highest BCUT2D eigenvalue weighted by Gasteiger charge is 2.12. The van der Waals surface area contributed by atoms with Crippen LogP contribution in [0.1, 0.15) is 34.6 Å². The van der Waals surface area contributed by atoms with E-state index in [0.717, 1.165) is 12.1 Å². The number of hydrogen-bond donors (Lipinski definition) is 1.